The molecule has 3 aliphatic rings. The third-order valence-electron chi connectivity index (χ3n) is 20.8. The molecule has 19 aromatic rings. The van der Waals surface area contributed by atoms with E-state index < -0.39 is 0 Å². The predicted octanol–water partition coefficient (Wildman–Crippen LogP) is 24.0. The van der Waals surface area contributed by atoms with E-state index in [1.54, 1.807) is 0 Å². The van der Waals surface area contributed by atoms with Crippen LogP contribution in [0.4, 0.5) is 0 Å². The maximum atomic E-state index is 6.62. The molecule has 0 amide bonds. The van der Waals surface area contributed by atoms with E-state index in [4.69, 9.17) is 44.1 Å². The molecule has 22 rings (SSSR count). The van der Waals surface area contributed by atoms with Gasteiger partial charge in [-0.2, -0.15) is 0 Å². The minimum atomic E-state index is 0.560. The minimum Gasteiger partial charge on any atom is -0.452 e. The number of fused-ring (bicyclic) bond motifs is 9. The minimum absolute atomic E-state index is 0.560. The molecule has 0 saturated carbocycles. The summed E-state index contributed by atoms with van der Waals surface area (Å²) in [5, 5.41) is 2.54. The quantitative estimate of drug-likeness (QED) is 0.124. The maximum absolute atomic E-state index is 6.62. The van der Waals surface area contributed by atoms with Crippen molar-refractivity contribution in [3.8, 4) is 136 Å². The van der Waals surface area contributed by atoms with Crippen molar-refractivity contribution in [2.45, 2.75) is 40.0 Å². The molecule has 5 aromatic heterocycles. The van der Waals surface area contributed by atoms with Crippen molar-refractivity contribution in [2.24, 2.45) is 0 Å². The second-order valence-corrected chi connectivity index (χ2v) is 27.3. The SMILES string of the molecule is CCc1nc2ccc(-c3cc(-c4ccccc4)cc(-c4ccccc4)c3)c3c2n1-c1ccccc1O3.CCc1nc2ccc(-c3ccc(-n4c5ccccc5c5ccccc54)cc3)c3c2n1-c1ccccc1O3.CCc1nc2ccc(-c3nc(-c4ccccc4)nc(-c4ccccc4)n3)c3c2n1-c1ccccc1O3. The van der Waals surface area contributed by atoms with Crippen molar-refractivity contribution in [3.05, 3.63) is 339 Å². The molecular formula is C96H68N10O3. The molecule has 0 N–H and O–H groups in total. The Kier molecular flexibility index (Phi) is 15.7. The monoisotopic (exact) mass is 1410 g/mol. The van der Waals surface area contributed by atoms with E-state index in [0.29, 0.717) is 23.2 Å². The largest absolute Gasteiger partial charge is 0.452 e. The number of hydrogen-bond donors (Lipinski definition) is 0. The molecule has 109 heavy (non-hydrogen) atoms. The Hall–Kier alpha value is -14.3. The molecule has 13 nitrogen and oxygen atoms in total. The van der Waals surface area contributed by atoms with Crippen LogP contribution in [0.5, 0.6) is 34.5 Å². The molecule has 0 atom stereocenters. The van der Waals surface area contributed by atoms with Crippen molar-refractivity contribution in [2.75, 3.05) is 0 Å². The zero-order valence-electron chi connectivity index (χ0n) is 59.9. The first-order valence-corrected chi connectivity index (χ1v) is 37.1. The topological polar surface area (TPSA) is 125 Å². The van der Waals surface area contributed by atoms with Crippen LogP contribution in [0, 0.1) is 0 Å². The molecule has 0 unspecified atom stereocenters. The first kappa shape index (κ1) is 64.3. The van der Waals surface area contributed by atoms with E-state index >= 15 is 0 Å². The fourth-order valence-corrected chi connectivity index (χ4v) is 15.8. The van der Waals surface area contributed by atoms with Crippen molar-refractivity contribution < 1.29 is 14.2 Å². The summed E-state index contributed by atoms with van der Waals surface area (Å²) in [5.41, 5.74) is 24.3. The molecule has 3 aliphatic heterocycles. The normalized spacial score (nSPS) is 12.0. The summed E-state index contributed by atoms with van der Waals surface area (Å²) in [4.78, 5) is 29.4. The number of ether oxygens (including phenoxy) is 3. The summed E-state index contributed by atoms with van der Waals surface area (Å²) in [6, 6.07) is 111. The highest BCUT2D eigenvalue weighted by Gasteiger charge is 2.31. The molecule has 0 radical (unpaired) electrons. The standard InChI is InChI=1S/C33H23N3O.C33H24N2O.C30H21N5O/c1-2-31-34-26-20-19-23(33-32(26)36(31)29-13-7-8-14-30(29)37-33)21-15-17-22(18-16-21)35-27-11-5-3-9-24(27)25-10-4-6-12-28(25)35;1-2-31-34-28-18-17-27(33-32(28)35(31)29-15-9-10-16-30(29)36-33)26-20-24(22-11-5-3-6-12-22)19-25(21-26)23-13-7-4-8-14-23;1-2-25-31-22-18-17-21(27-26(22)35(25)23-15-9-10-16-24(23)36-27)30-33-28(19-11-5-3-6-12-19)32-29(34-30)20-13-7-4-8-14-20/h3-20H,2H2,1H3;3-21H,2H2,1H3;3-18H,2H2,1H3. The van der Waals surface area contributed by atoms with Gasteiger partial charge in [0.25, 0.3) is 0 Å². The highest BCUT2D eigenvalue weighted by atomic mass is 16.5. The number of benzene rings is 14. The Morgan fingerprint density at radius 2 is 0.578 bits per heavy atom. The Morgan fingerprint density at radius 1 is 0.248 bits per heavy atom. The molecule has 0 bridgehead atoms. The molecule has 0 aliphatic carbocycles. The van der Waals surface area contributed by atoms with Crippen molar-refractivity contribution in [3.63, 3.8) is 0 Å². The predicted molar refractivity (Wildman–Crippen MR) is 437 cm³/mol. The van der Waals surface area contributed by atoms with Gasteiger partial charge in [0.05, 0.1) is 50.2 Å². The average molecular weight is 1410 g/mol. The second kappa shape index (κ2) is 26.7. The van der Waals surface area contributed by atoms with E-state index in [0.717, 1.165) is 160 Å². The lowest BCUT2D eigenvalue weighted by Gasteiger charge is -2.23. The number of aromatic nitrogens is 10. The van der Waals surface area contributed by atoms with Crippen LogP contribution >= 0.6 is 0 Å². The van der Waals surface area contributed by atoms with Crippen LogP contribution in [-0.2, 0) is 19.3 Å². The van der Waals surface area contributed by atoms with Gasteiger partial charge in [0.1, 0.15) is 34.0 Å². The zero-order valence-corrected chi connectivity index (χ0v) is 59.9. The number of rotatable bonds is 11. The highest BCUT2D eigenvalue weighted by molar-refractivity contribution is 6.09. The number of hydrogen-bond acceptors (Lipinski definition) is 9. The molecule has 13 heteroatoms. The average Bonchev–Trinajstić information content (AvgIpc) is 1.64. The van der Waals surface area contributed by atoms with Crippen molar-refractivity contribution in [1.82, 2.24) is 48.2 Å². The van der Waals surface area contributed by atoms with Gasteiger partial charge in [0, 0.05) is 58.0 Å². The fraction of sp³-hybridized carbons (Fsp3) is 0.0625. The van der Waals surface area contributed by atoms with Crippen LogP contribution in [0.3, 0.4) is 0 Å². The Labute approximate surface area is 628 Å². The van der Waals surface area contributed by atoms with Crippen LogP contribution in [0.2, 0.25) is 0 Å². The van der Waals surface area contributed by atoms with Crippen LogP contribution in [0.15, 0.2) is 322 Å². The lowest BCUT2D eigenvalue weighted by atomic mass is 9.92. The van der Waals surface area contributed by atoms with E-state index in [1.165, 1.54) is 44.1 Å². The molecule has 8 heterocycles. The van der Waals surface area contributed by atoms with Crippen LogP contribution in [-0.4, -0.2) is 48.2 Å². The van der Waals surface area contributed by atoms with E-state index in [-0.39, 0.29) is 0 Å². The zero-order chi connectivity index (χ0) is 72.6. The molecule has 0 saturated heterocycles. The summed E-state index contributed by atoms with van der Waals surface area (Å²) in [6.07, 6.45) is 2.50. The van der Waals surface area contributed by atoms with Gasteiger partial charge in [0.15, 0.2) is 52.0 Å². The smallest absolute Gasteiger partial charge is 0.167 e. The van der Waals surface area contributed by atoms with Gasteiger partial charge in [-0.3, -0.25) is 13.7 Å². The van der Waals surface area contributed by atoms with Crippen LogP contribution in [0.25, 0.3) is 156 Å². The third kappa shape index (κ3) is 11.0. The molecular weight excluding hydrogens is 1340 g/mol. The van der Waals surface area contributed by atoms with Gasteiger partial charge in [0.2, 0.25) is 0 Å². The van der Waals surface area contributed by atoms with Gasteiger partial charge in [-0.1, -0.05) is 227 Å². The van der Waals surface area contributed by atoms with Crippen LogP contribution < -0.4 is 14.2 Å². The first-order valence-electron chi connectivity index (χ1n) is 37.1. The van der Waals surface area contributed by atoms with Crippen molar-refractivity contribution in [1.29, 1.82) is 0 Å². The lowest BCUT2D eigenvalue weighted by Crippen LogP contribution is -2.08. The maximum Gasteiger partial charge on any atom is 0.167 e. The fourth-order valence-electron chi connectivity index (χ4n) is 15.8. The van der Waals surface area contributed by atoms with Gasteiger partial charge in [-0.25, -0.2) is 29.9 Å². The Morgan fingerprint density at radius 3 is 0.991 bits per heavy atom. The molecule has 0 fully saturated rings. The first-order chi connectivity index (χ1) is 53.9. The summed E-state index contributed by atoms with van der Waals surface area (Å²) in [5.74, 6) is 9.82. The van der Waals surface area contributed by atoms with Crippen LogP contribution in [0.1, 0.15) is 38.2 Å². The van der Waals surface area contributed by atoms with E-state index in [1.807, 2.05) is 115 Å². The summed E-state index contributed by atoms with van der Waals surface area (Å²) >= 11 is 0. The Balaban J connectivity index is 0.000000107. The third-order valence-corrected chi connectivity index (χ3v) is 20.8. The summed E-state index contributed by atoms with van der Waals surface area (Å²) in [6.45, 7) is 6.42. The van der Waals surface area contributed by atoms with Gasteiger partial charge in [-0.15, -0.1) is 0 Å². The number of aryl methyl sites for hydroxylation is 3. The molecule has 520 valence electrons. The lowest BCUT2D eigenvalue weighted by molar-refractivity contribution is 0.475. The number of nitrogens with zero attached hydrogens (tertiary/aromatic N) is 10. The summed E-state index contributed by atoms with van der Waals surface area (Å²) in [7, 11) is 0. The van der Waals surface area contributed by atoms with Gasteiger partial charge < -0.3 is 18.8 Å². The van der Waals surface area contributed by atoms with Gasteiger partial charge in [-0.05, 0) is 149 Å². The van der Waals surface area contributed by atoms with E-state index in [2.05, 4.69) is 245 Å². The summed E-state index contributed by atoms with van der Waals surface area (Å²) < 4.78 is 28.8. The van der Waals surface area contributed by atoms with Gasteiger partial charge >= 0.3 is 0 Å². The second-order valence-electron chi connectivity index (χ2n) is 27.3. The number of para-hydroxylation sites is 8. The van der Waals surface area contributed by atoms with Crippen molar-refractivity contribution >= 4 is 54.9 Å². The molecule has 14 aromatic carbocycles. The molecule has 0 spiro atoms. The highest BCUT2D eigenvalue weighted by Crippen LogP contribution is 2.51. The number of imidazole rings is 3. The van der Waals surface area contributed by atoms with E-state index in [9.17, 15) is 0 Å². The Bertz CT molecular complexity index is 6330.